The molecular weight excluding hydrogens is 493 g/mol. The van der Waals surface area contributed by atoms with Crippen molar-refractivity contribution in [1.29, 1.82) is 0 Å². The number of aliphatic imine (C=N–C) groups is 1. The summed E-state index contributed by atoms with van der Waals surface area (Å²) in [6.45, 7) is -2.00. The Morgan fingerprint density at radius 1 is 1.14 bits per heavy atom. The molecule has 0 fully saturated rings. The zero-order chi connectivity index (χ0) is 20.4. The Morgan fingerprint density at radius 2 is 1.90 bits per heavy atom. The summed E-state index contributed by atoms with van der Waals surface area (Å²) < 4.78 is 29.5. The number of nitrogens with one attached hydrogen (secondary N) is 3. The summed E-state index contributed by atoms with van der Waals surface area (Å²) in [4.78, 5) is 15.8. The summed E-state index contributed by atoms with van der Waals surface area (Å²) in [5.41, 5.74) is 2.22. The summed E-state index contributed by atoms with van der Waals surface area (Å²) in [6.07, 6.45) is 0.691. The quantitative estimate of drug-likeness (QED) is 0.285. The highest BCUT2D eigenvalue weighted by Gasteiger charge is 2.09. The summed E-state index contributed by atoms with van der Waals surface area (Å²) in [5.74, 6) is 0.540. The van der Waals surface area contributed by atoms with Crippen molar-refractivity contribution in [3.63, 3.8) is 0 Å². The fourth-order valence-electron chi connectivity index (χ4n) is 2.60. The van der Waals surface area contributed by atoms with Crippen molar-refractivity contribution in [3.8, 4) is 5.75 Å². The summed E-state index contributed by atoms with van der Waals surface area (Å²) in [5, 5.41) is 8.83. The Kier molecular flexibility index (Phi) is 11.0. The third-order valence-corrected chi connectivity index (χ3v) is 3.98. The third kappa shape index (κ3) is 8.22. The maximum absolute atomic E-state index is 12.5. The molecule has 0 aliphatic rings. The molecule has 0 spiro atoms. The van der Waals surface area contributed by atoms with Gasteiger partial charge in [0.25, 0.3) is 5.91 Å². The maximum Gasteiger partial charge on any atom is 0.387 e. The molecule has 0 aromatic heterocycles. The molecule has 2 rings (SSSR count). The summed E-state index contributed by atoms with van der Waals surface area (Å²) in [6, 6.07) is 14.0. The second kappa shape index (κ2) is 12.9. The van der Waals surface area contributed by atoms with Crippen LogP contribution in [0.3, 0.4) is 0 Å². The first-order valence-corrected chi connectivity index (χ1v) is 8.81. The summed E-state index contributed by atoms with van der Waals surface area (Å²) >= 11 is 0. The van der Waals surface area contributed by atoms with Gasteiger partial charge in [0.15, 0.2) is 5.96 Å². The number of benzene rings is 2. The van der Waals surface area contributed by atoms with Crippen LogP contribution in [0.25, 0.3) is 0 Å². The van der Waals surface area contributed by atoms with Gasteiger partial charge < -0.3 is 20.7 Å². The molecule has 6 nitrogen and oxygen atoms in total. The van der Waals surface area contributed by atoms with Gasteiger partial charge >= 0.3 is 6.61 Å². The standard InChI is InChI=1S/C20H24F2N4O2.HI/c1-23-18(27)15-8-5-6-14(12-15)10-11-25-20(24-2)26-13-16-7-3-4-9-17(16)28-19(21)22;/h3-9,12,19H,10-11,13H2,1-2H3,(H,23,27)(H2,24,25,26);1H. The Morgan fingerprint density at radius 3 is 2.59 bits per heavy atom. The summed E-state index contributed by atoms with van der Waals surface area (Å²) in [7, 11) is 3.22. The maximum atomic E-state index is 12.5. The number of carbonyl (C=O) groups is 1. The number of guanidine groups is 1. The molecule has 0 aliphatic carbocycles. The number of carbonyl (C=O) groups excluding carboxylic acids is 1. The SMILES string of the molecule is CN=C(NCCc1cccc(C(=O)NC)c1)NCc1ccccc1OC(F)F.I. The van der Waals surface area contributed by atoms with Crippen LogP contribution >= 0.6 is 24.0 Å². The average molecular weight is 518 g/mol. The minimum absolute atomic E-state index is 0. The van der Waals surface area contributed by atoms with E-state index in [9.17, 15) is 13.6 Å². The van der Waals surface area contributed by atoms with Crippen LogP contribution < -0.4 is 20.7 Å². The fraction of sp³-hybridized carbons (Fsp3) is 0.300. The molecule has 2 aromatic carbocycles. The lowest BCUT2D eigenvalue weighted by Gasteiger charge is -2.14. The molecule has 0 saturated carbocycles. The molecule has 0 atom stereocenters. The van der Waals surface area contributed by atoms with Crippen LogP contribution in [0.5, 0.6) is 5.75 Å². The number of amides is 1. The highest BCUT2D eigenvalue weighted by atomic mass is 127. The lowest BCUT2D eigenvalue weighted by molar-refractivity contribution is -0.0504. The van der Waals surface area contributed by atoms with Gasteiger partial charge in [-0.25, -0.2) is 0 Å². The molecule has 158 valence electrons. The van der Waals surface area contributed by atoms with Crippen molar-refractivity contribution in [2.45, 2.75) is 19.6 Å². The van der Waals surface area contributed by atoms with Gasteiger partial charge in [-0.2, -0.15) is 8.78 Å². The van der Waals surface area contributed by atoms with Crippen LogP contribution in [0.2, 0.25) is 0 Å². The van der Waals surface area contributed by atoms with Crippen LogP contribution in [0, 0.1) is 0 Å². The van der Waals surface area contributed by atoms with E-state index in [1.165, 1.54) is 6.07 Å². The number of ether oxygens (including phenoxy) is 1. The highest BCUT2D eigenvalue weighted by Crippen LogP contribution is 2.19. The lowest BCUT2D eigenvalue weighted by Crippen LogP contribution is -2.38. The van der Waals surface area contributed by atoms with Crippen LogP contribution in [0.1, 0.15) is 21.5 Å². The molecule has 3 N–H and O–H groups in total. The largest absolute Gasteiger partial charge is 0.434 e. The van der Waals surface area contributed by atoms with E-state index in [-0.39, 0.29) is 42.2 Å². The fourth-order valence-corrected chi connectivity index (χ4v) is 2.60. The van der Waals surface area contributed by atoms with Crippen molar-refractivity contribution in [3.05, 3.63) is 65.2 Å². The Bertz CT molecular complexity index is 819. The van der Waals surface area contributed by atoms with Gasteiger partial charge in [0, 0.05) is 38.3 Å². The molecule has 0 bridgehead atoms. The predicted molar refractivity (Wildman–Crippen MR) is 120 cm³/mol. The third-order valence-electron chi connectivity index (χ3n) is 3.98. The number of halogens is 3. The normalized spacial score (nSPS) is 10.9. The minimum Gasteiger partial charge on any atom is -0.434 e. The number of nitrogens with zero attached hydrogens (tertiary/aromatic N) is 1. The number of hydrogen-bond donors (Lipinski definition) is 3. The van der Waals surface area contributed by atoms with E-state index in [0.717, 1.165) is 5.56 Å². The Labute approximate surface area is 186 Å². The topological polar surface area (TPSA) is 74.8 Å². The van der Waals surface area contributed by atoms with Gasteiger partial charge in [-0.1, -0.05) is 30.3 Å². The van der Waals surface area contributed by atoms with Crippen LogP contribution in [-0.4, -0.2) is 39.1 Å². The van der Waals surface area contributed by atoms with E-state index in [2.05, 4.69) is 25.7 Å². The van der Waals surface area contributed by atoms with Crippen molar-refractivity contribution < 1.29 is 18.3 Å². The van der Waals surface area contributed by atoms with Gasteiger partial charge in [0.1, 0.15) is 5.75 Å². The number of alkyl halides is 2. The average Bonchev–Trinajstić information content (AvgIpc) is 2.70. The van der Waals surface area contributed by atoms with E-state index in [4.69, 9.17) is 0 Å². The van der Waals surface area contributed by atoms with Crippen molar-refractivity contribution in [2.24, 2.45) is 4.99 Å². The Hall–Kier alpha value is -2.43. The molecule has 0 radical (unpaired) electrons. The van der Waals surface area contributed by atoms with E-state index < -0.39 is 6.61 Å². The highest BCUT2D eigenvalue weighted by molar-refractivity contribution is 14.0. The molecule has 0 aliphatic heterocycles. The van der Waals surface area contributed by atoms with Gasteiger partial charge in [-0.05, 0) is 30.2 Å². The van der Waals surface area contributed by atoms with Crippen molar-refractivity contribution in [2.75, 3.05) is 20.6 Å². The van der Waals surface area contributed by atoms with Crippen molar-refractivity contribution in [1.82, 2.24) is 16.0 Å². The van der Waals surface area contributed by atoms with Crippen LogP contribution in [0.4, 0.5) is 8.78 Å². The van der Waals surface area contributed by atoms with Crippen LogP contribution in [-0.2, 0) is 13.0 Å². The molecule has 2 aromatic rings. The predicted octanol–water partition coefficient (Wildman–Crippen LogP) is 3.17. The Balaban J connectivity index is 0.00000420. The van der Waals surface area contributed by atoms with E-state index in [1.807, 2.05) is 18.2 Å². The molecular formula is C20H25F2IN4O2. The first-order valence-electron chi connectivity index (χ1n) is 8.81. The van der Waals surface area contributed by atoms with Gasteiger partial charge in [-0.3, -0.25) is 9.79 Å². The monoisotopic (exact) mass is 518 g/mol. The van der Waals surface area contributed by atoms with Gasteiger partial charge in [0.2, 0.25) is 0 Å². The minimum atomic E-state index is -2.87. The number of hydrogen-bond acceptors (Lipinski definition) is 3. The first kappa shape index (κ1) is 24.6. The molecule has 0 unspecified atom stereocenters. The smallest absolute Gasteiger partial charge is 0.387 e. The molecule has 0 heterocycles. The number of para-hydroxylation sites is 1. The van der Waals surface area contributed by atoms with Crippen LogP contribution in [0.15, 0.2) is 53.5 Å². The van der Waals surface area contributed by atoms with E-state index in [0.29, 0.717) is 30.1 Å². The zero-order valence-corrected chi connectivity index (χ0v) is 18.6. The molecule has 0 saturated heterocycles. The lowest BCUT2D eigenvalue weighted by atomic mass is 10.1. The second-order valence-corrected chi connectivity index (χ2v) is 5.87. The molecule has 29 heavy (non-hydrogen) atoms. The molecule has 9 heteroatoms. The first-order chi connectivity index (χ1) is 13.5. The van der Waals surface area contributed by atoms with Gasteiger partial charge in [-0.15, -0.1) is 24.0 Å². The van der Waals surface area contributed by atoms with Gasteiger partial charge in [0.05, 0.1) is 0 Å². The zero-order valence-electron chi connectivity index (χ0n) is 16.2. The molecule has 1 amide bonds. The van der Waals surface area contributed by atoms with E-state index >= 15 is 0 Å². The van der Waals surface area contributed by atoms with E-state index in [1.54, 1.807) is 38.4 Å². The number of rotatable bonds is 8. The second-order valence-electron chi connectivity index (χ2n) is 5.87. The van der Waals surface area contributed by atoms with Crippen molar-refractivity contribution >= 4 is 35.8 Å².